The molecular weight excluding hydrogens is 470 g/mol. The van der Waals surface area contributed by atoms with E-state index in [9.17, 15) is 40.7 Å². The standard InChI is InChI=1S/C20H21F4N3O5S/c1-4-16-14(20(22,23)24)7-11(9-26-16)27-18(29)19(2,30)10-33(31,32)12-5-6-13(15(21)8-12)17(28)25-3/h5-9,30H,4,10H2,1-3H3,(H,25,28)(H,27,29). The van der Waals surface area contributed by atoms with Gasteiger partial charge in [-0.25, -0.2) is 12.8 Å². The van der Waals surface area contributed by atoms with Crippen molar-refractivity contribution in [2.75, 3.05) is 18.1 Å². The fraction of sp³-hybridized carbons (Fsp3) is 0.350. The predicted molar refractivity (Wildman–Crippen MR) is 110 cm³/mol. The minimum Gasteiger partial charge on any atom is -0.379 e. The number of hydrogen-bond acceptors (Lipinski definition) is 6. The van der Waals surface area contributed by atoms with Crippen LogP contribution in [-0.2, 0) is 27.2 Å². The number of rotatable bonds is 7. The van der Waals surface area contributed by atoms with E-state index in [4.69, 9.17) is 0 Å². The van der Waals surface area contributed by atoms with E-state index in [2.05, 4.69) is 10.3 Å². The number of sulfone groups is 1. The molecule has 0 saturated heterocycles. The zero-order chi connectivity index (χ0) is 25.2. The summed E-state index contributed by atoms with van der Waals surface area (Å²) >= 11 is 0. The van der Waals surface area contributed by atoms with Crippen LogP contribution in [0.4, 0.5) is 23.2 Å². The van der Waals surface area contributed by atoms with Crippen molar-refractivity contribution in [3.8, 4) is 0 Å². The normalized spacial score (nSPS) is 13.8. The third-order valence-electron chi connectivity index (χ3n) is 4.60. The summed E-state index contributed by atoms with van der Waals surface area (Å²) in [5.41, 5.74) is -4.75. The molecule has 0 aliphatic heterocycles. The Morgan fingerprint density at radius 3 is 2.33 bits per heavy atom. The highest BCUT2D eigenvalue weighted by atomic mass is 32.2. The topological polar surface area (TPSA) is 125 Å². The van der Waals surface area contributed by atoms with Gasteiger partial charge in [-0.15, -0.1) is 0 Å². The molecular formula is C20H21F4N3O5S. The van der Waals surface area contributed by atoms with Crippen LogP contribution < -0.4 is 10.6 Å². The van der Waals surface area contributed by atoms with Crippen LogP contribution in [0.15, 0.2) is 35.4 Å². The molecule has 13 heteroatoms. The number of aliphatic hydroxyl groups is 1. The quantitative estimate of drug-likeness (QED) is 0.511. The lowest BCUT2D eigenvalue weighted by Gasteiger charge is -2.22. The number of carbonyl (C=O) groups is 2. The van der Waals surface area contributed by atoms with Crippen molar-refractivity contribution in [1.82, 2.24) is 10.3 Å². The van der Waals surface area contributed by atoms with Gasteiger partial charge in [-0.1, -0.05) is 6.92 Å². The van der Waals surface area contributed by atoms with Crippen molar-refractivity contribution in [2.24, 2.45) is 0 Å². The molecule has 1 heterocycles. The Bertz CT molecular complexity index is 1180. The average Bonchev–Trinajstić information content (AvgIpc) is 2.71. The van der Waals surface area contributed by atoms with Crippen LogP contribution >= 0.6 is 0 Å². The fourth-order valence-corrected chi connectivity index (χ4v) is 4.48. The van der Waals surface area contributed by atoms with E-state index in [1.165, 1.54) is 14.0 Å². The zero-order valence-electron chi connectivity index (χ0n) is 17.7. The summed E-state index contributed by atoms with van der Waals surface area (Å²) in [6.07, 6.45) is -3.81. The Balaban J connectivity index is 2.27. The van der Waals surface area contributed by atoms with Crippen LogP contribution in [0.1, 0.15) is 35.5 Å². The lowest BCUT2D eigenvalue weighted by atomic mass is 10.1. The number of nitrogens with zero attached hydrogens (tertiary/aromatic N) is 1. The minimum atomic E-state index is -4.74. The van der Waals surface area contributed by atoms with Crippen molar-refractivity contribution in [2.45, 2.75) is 36.9 Å². The van der Waals surface area contributed by atoms with E-state index >= 15 is 0 Å². The summed E-state index contributed by atoms with van der Waals surface area (Å²) < 4.78 is 78.9. The molecule has 1 aromatic carbocycles. The summed E-state index contributed by atoms with van der Waals surface area (Å²) in [5.74, 6) is -4.45. The number of aromatic nitrogens is 1. The molecule has 3 N–H and O–H groups in total. The van der Waals surface area contributed by atoms with E-state index in [-0.39, 0.29) is 12.1 Å². The van der Waals surface area contributed by atoms with E-state index in [0.29, 0.717) is 12.1 Å². The first-order chi connectivity index (χ1) is 15.1. The largest absolute Gasteiger partial charge is 0.418 e. The molecule has 180 valence electrons. The van der Waals surface area contributed by atoms with Gasteiger partial charge in [0.15, 0.2) is 15.4 Å². The Labute approximate surface area is 186 Å². The Morgan fingerprint density at radius 2 is 1.82 bits per heavy atom. The maximum Gasteiger partial charge on any atom is 0.418 e. The summed E-state index contributed by atoms with van der Waals surface area (Å²) in [7, 11) is -3.19. The van der Waals surface area contributed by atoms with Gasteiger partial charge in [0.05, 0.1) is 39.4 Å². The molecule has 0 aliphatic rings. The molecule has 0 bridgehead atoms. The second kappa shape index (κ2) is 9.43. The number of pyridine rings is 1. The zero-order valence-corrected chi connectivity index (χ0v) is 18.6. The van der Waals surface area contributed by atoms with Crippen LogP contribution in [-0.4, -0.2) is 48.7 Å². The number of benzene rings is 1. The average molecular weight is 491 g/mol. The van der Waals surface area contributed by atoms with Crippen molar-refractivity contribution in [3.05, 3.63) is 53.1 Å². The van der Waals surface area contributed by atoms with Crippen molar-refractivity contribution in [3.63, 3.8) is 0 Å². The molecule has 33 heavy (non-hydrogen) atoms. The van der Waals surface area contributed by atoms with E-state index < -0.39 is 66.7 Å². The van der Waals surface area contributed by atoms with Crippen molar-refractivity contribution >= 4 is 27.3 Å². The maximum atomic E-state index is 14.1. The lowest BCUT2D eigenvalue weighted by molar-refractivity contribution is -0.138. The van der Waals surface area contributed by atoms with Crippen molar-refractivity contribution < 1.29 is 40.7 Å². The van der Waals surface area contributed by atoms with Gasteiger partial charge in [0.25, 0.3) is 11.8 Å². The number of anilines is 1. The van der Waals surface area contributed by atoms with Crippen LogP contribution in [0.2, 0.25) is 0 Å². The van der Waals surface area contributed by atoms with E-state index in [1.807, 2.05) is 5.32 Å². The lowest BCUT2D eigenvalue weighted by Crippen LogP contribution is -2.45. The SMILES string of the molecule is CCc1ncc(NC(=O)C(C)(O)CS(=O)(=O)c2ccc(C(=O)NC)c(F)c2)cc1C(F)(F)F. The predicted octanol–water partition coefficient (Wildman–Crippen LogP) is 2.32. The monoisotopic (exact) mass is 491 g/mol. The Kier molecular flexibility index (Phi) is 7.49. The van der Waals surface area contributed by atoms with Crippen LogP contribution in [0.25, 0.3) is 0 Å². The number of aryl methyl sites for hydroxylation is 1. The molecule has 0 radical (unpaired) electrons. The second-order valence-electron chi connectivity index (χ2n) is 7.28. The van der Waals surface area contributed by atoms with Gasteiger partial charge < -0.3 is 15.7 Å². The molecule has 2 rings (SSSR count). The van der Waals surface area contributed by atoms with E-state index in [0.717, 1.165) is 25.3 Å². The smallest absolute Gasteiger partial charge is 0.379 e. The van der Waals surface area contributed by atoms with Gasteiger partial charge in [0, 0.05) is 7.05 Å². The molecule has 1 atom stereocenters. The third-order valence-corrected chi connectivity index (χ3v) is 6.51. The van der Waals surface area contributed by atoms with Crippen LogP contribution in [0, 0.1) is 5.82 Å². The molecule has 1 aromatic heterocycles. The first kappa shape index (κ1) is 26.2. The first-order valence-electron chi connectivity index (χ1n) is 9.46. The molecule has 0 aliphatic carbocycles. The number of nitrogens with one attached hydrogen (secondary N) is 2. The number of alkyl halides is 3. The highest BCUT2D eigenvalue weighted by Gasteiger charge is 2.38. The van der Waals surface area contributed by atoms with Gasteiger partial charge >= 0.3 is 6.18 Å². The van der Waals surface area contributed by atoms with Gasteiger partial charge in [0.2, 0.25) is 0 Å². The minimum absolute atomic E-state index is 0.0195. The molecule has 2 amide bonds. The summed E-state index contributed by atoms with van der Waals surface area (Å²) in [6.45, 7) is 2.31. The van der Waals surface area contributed by atoms with Crippen molar-refractivity contribution in [1.29, 1.82) is 0 Å². The highest BCUT2D eigenvalue weighted by Crippen LogP contribution is 2.33. The maximum absolute atomic E-state index is 14.1. The molecule has 8 nitrogen and oxygen atoms in total. The highest BCUT2D eigenvalue weighted by molar-refractivity contribution is 7.91. The second-order valence-corrected chi connectivity index (χ2v) is 9.27. The molecule has 0 spiro atoms. The number of amides is 2. The van der Waals surface area contributed by atoms with E-state index in [1.54, 1.807) is 0 Å². The number of carbonyl (C=O) groups excluding carboxylic acids is 2. The Hall–Kier alpha value is -3.06. The number of halogens is 4. The van der Waals surface area contributed by atoms with Gasteiger partial charge in [-0.05, 0) is 37.6 Å². The third kappa shape index (κ3) is 6.05. The fourth-order valence-electron chi connectivity index (χ4n) is 2.88. The molecule has 0 fully saturated rings. The van der Waals surface area contributed by atoms with Gasteiger partial charge in [-0.3, -0.25) is 14.6 Å². The first-order valence-corrected chi connectivity index (χ1v) is 11.1. The Morgan fingerprint density at radius 1 is 1.18 bits per heavy atom. The molecule has 2 aromatic rings. The van der Waals surface area contributed by atoms with Gasteiger partial charge in [0.1, 0.15) is 5.82 Å². The summed E-state index contributed by atoms with van der Waals surface area (Å²) in [4.78, 5) is 27.0. The van der Waals surface area contributed by atoms with Gasteiger partial charge in [-0.2, -0.15) is 13.2 Å². The summed E-state index contributed by atoms with van der Waals surface area (Å²) in [5, 5.41) is 14.6. The molecule has 0 saturated carbocycles. The summed E-state index contributed by atoms with van der Waals surface area (Å²) in [6, 6.07) is 3.05. The molecule has 1 unspecified atom stereocenters. The van der Waals surface area contributed by atoms with Crippen LogP contribution in [0.3, 0.4) is 0 Å². The van der Waals surface area contributed by atoms with Crippen LogP contribution in [0.5, 0.6) is 0 Å². The number of hydrogen-bond donors (Lipinski definition) is 3.